The highest BCUT2D eigenvalue weighted by atomic mass is 16.6. The molecule has 12 heteroatoms. The second-order valence-electron chi connectivity index (χ2n) is 11.8. The van der Waals surface area contributed by atoms with Crippen LogP contribution in [0.3, 0.4) is 0 Å². The van der Waals surface area contributed by atoms with Gasteiger partial charge in [0, 0.05) is 46.5 Å². The summed E-state index contributed by atoms with van der Waals surface area (Å²) in [5.41, 5.74) is 2.37. The van der Waals surface area contributed by atoms with Crippen molar-refractivity contribution in [3.05, 3.63) is 124 Å². The molecule has 2 saturated heterocycles. The molecule has 3 aliphatic rings. The van der Waals surface area contributed by atoms with Crippen LogP contribution in [0.4, 0.5) is 11.4 Å². The van der Waals surface area contributed by atoms with E-state index in [1.54, 1.807) is 21.8 Å². The number of nitro benzene ring substituents is 1. The van der Waals surface area contributed by atoms with Gasteiger partial charge < -0.3 is 5.32 Å². The average Bonchev–Trinajstić information content (AvgIpc) is 3.88. The number of hydrogen-bond donors (Lipinski definition) is 1. The number of nitrogens with zero attached hydrogens (tertiary/aromatic N) is 7. The fraction of sp³-hybridized carbons (Fsp3) is 0.242. The quantitative estimate of drug-likeness (QED) is 0.170. The first-order valence-electron chi connectivity index (χ1n) is 14.9. The van der Waals surface area contributed by atoms with Crippen LogP contribution < -0.4 is 5.32 Å². The van der Waals surface area contributed by atoms with Crippen LogP contribution in [0.25, 0.3) is 11.5 Å². The Hall–Kier alpha value is -5.49. The summed E-state index contributed by atoms with van der Waals surface area (Å²) < 4.78 is 3.46. The SMILES string of the molecule is Cc1nn(-c2ccccc2)c(-n2cncn2)c1C1C2CCCN2C2(C(=O)Nc3ccccc32)C1C(=O)c1cccc([N+](=O)[O-])c1. The highest BCUT2D eigenvalue weighted by Crippen LogP contribution is 2.62. The Balaban J connectivity index is 1.43. The highest BCUT2D eigenvalue weighted by molar-refractivity contribution is 6.12. The number of benzene rings is 3. The number of amides is 1. The predicted octanol–water partition coefficient (Wildman–Crippen LogP) is 4.58. The summed E-state index contributed by atoms with van der Waals surface area (Å²) in [5.74, 6) is -1.40. The normalized spacial score (nSPS) is 23.7. The number of anilines is 1. The molecular weight excluding hydrogens is 572 g/mol. The molecule has 0 saturated carbocycles. The van der Waals surface area contributed by atoms with Gasteiger partial charge in [-0.25, -0.2) is 14.3 Å². The van der Waals surface area contributed by atoms with E-state index in [0.717, 1.165) is 29.7 Å². The largest absolute Gasteiger partial charge is 0.324 e. The Kier molecular flexibility index (Phi) is 6.04. The molecule has 12 nitrogen and oxygen atoms in total. The standard InChI is InChI=1S/C33H28N8O4/c1-20-27(31(39-19-34-18-35-39)40(37-20)22-10-3-2-4-11-22)28-26-15-8-16-38(26)33(24-13-5-6-14-25(24)36-32(33)43)29(28)30(42)21-9-7-12-23(17-21)41(44)45/h2-7,9-14,17-19,26,28-29H,8,15-16H2,1H3,(H,36,43). The number of para-hydroxylation sites is 2. The molecule has 4 unspecified atom stereocenters. The molecule has 3 aromatic carbocycles. The number of carbonyl (C=O) groups excluding carboxylic acids is 2. The van der Waals surface area contributed by atoms with Gasteiger partial charge in [0.25, 0.3) is 5.69 Å². The number of fused-ring (bicyclic) bond motifs is 4. The van der Waals surface area contributed by atoms with E-state index in [9.17, 15) is 14.9 Å². The van der Waals surface area contributed by atoms with Gasteiger partial charge in [0.05, 0.1) is 22.2 Å². The molecule has 0 bridgehead atoms. The summed E-state index contributed by atoms with van der Waals surface area (Å²) in [6, 6.07) is 22.8. The molecule has 1 N–H and O–H groups in total. The summed E-state index contributed by atoms with van der Waals surface area (Å²) in [5, 5.41) is 24.3. The first-order valence-corrected chi connectivity index (χ1v) is 14.9. The molecule has 5 heterocycles. The molecule has 4 atom stereocenters. The second kappa shape index (κ2) is 10.0. The van der Waals surface area contributed by atoms with Crippen molar-refractivity contribution in [3.8, 4) is 11.5 Å². The topological polar surface area (TPSA) is 141 Å². The van der Waals surface area contributed by atoms with Crippen molar-refractivity contribution in [1.82, 2.24) is 29.4 Å². The van der Waals surface area contributed by atoms with Gasteiger partial charge in [-0.3, -0.25) is 24.6 Å². The van der Waals surface area contributed by atoms with Gasteiger partial charge in [0.1, 0.15) is 18.2 Å². The van der Waals surface area contributed by atoms with Crippen molar-refractivity contribution in [3.63, 3.8) is 0 Å². The Bertz CT molecular complexity index is 1990. The van der Waals surface area contributed by atoms with E-state index in [1.165, 1.54) is 24.5 Å². The van der Waals surface area contributed by atoms with Crippen LogP contribution in [-0.2, 0) is 10.3 Å². The minimum absolute atomic E-state index is 0.183. The number of aryl methyl sites for hydroxylation is 1. The van der Waals surface area contributed by atoms with E-state index >= 15 is 4.79 Å². The molecule has 8 rings (SSSR count). The van der Waals surface area contributed by atoms with E-state index in [1.807, 2.05) is 61.5 Å². The van der Waals surface area contributed by atoms with Gasteiger partial charge in [0.2, 0.25) is 5.91 Å². The van der Waals surface area contributed by atoms with Gasteiger partial charge in [-0.1, -0.05) is 48.5 Å². The third-order valence-electron chi connectivity index (χ3n) is 9.58. The molecule has 2 fully saturated rings. The van der Waals surface area contributed by atoms with Crippen LogP contribution in [0, 0.1) is 23.0 Å². The molecule has 3 aliphatic heterocycles. The van der Waals surface area contributed by atoms with Crippen LogP contribution in [-0.4, -0.2) is 58.6 Å². The molecule has 5 aromatic rings. The monoisotopic (exact) mass is 600 g/mol. The molecule has 1 amide bonds. The van der Waals surface area contributed by atoms with Crippen LogP contribution >= 0.6 is 0 Å². The van der Waals surface area contributed by atoms with E-state index < -0.39 is 22.3 Å². The van der Waals surface area contributed by atoms with Crippen molar-refractivity contribution in [2.24, 2.45) is 5.92 Å². The van der Waals surface area contributed by atoms with Crippen molar-refractivity contribution in [2.75, 3.05) is 11.9 Å². The average molecular weight is 601 g/mol. The molecule has 45 heavy (non-hydrogen) atoms. The fourth-order valence-electron chi connectivity index (χ4n) is 7.99. The highest BCUT2D eigenvalue weighted by Gasteiger charge is 2.70. The summed E-state index contributed by atoms with van der Waals surface area (Å²) in [6.07, 6.45) is 4.66. The number of rotatable bonds is 6. The third kappa shape index (κ3) is 3.78. The Labute approximate surface area is 257 Å². The molecular formula is C33H28N8O4. The zero-order valence-electron chi connectivity index (χ0n) is 24.3. The van der Waals surface area contributed by atoms with E-state index in [0.29, 0.717) is 23.7 Å². The number of non-ortho nitro benzene ring substituents is 1. The van der Waals surface area contributed by atoms with Crippen molar-refractivity contribution in [1.29, 1.82) is 0 Å². The fourth-order valence-corrected chi connectivity index (χ4v) is 7.99. The predicted molar refractivity (Wildman–Crippen MR) is 163 cm³/mol. The van der Waals surface area contributed by atoms with Crippen molar-refractivity contribution < 1.29 is 14.5 Å². The number of hydrogen-bond acceptors (Lipinski definition) is 8. The van der Waals surface area contributed by atoms with Gasteiger partial charge in [-0.05, 0) is 44.5 Å². The lowest BCUT2D eigenvalue weighted by Gasteiger charge is -2.36. The lowest BCUT2D eigenvalue weighted by Crippen LogP contribution is -2.52. The number of Topliss-reactive ketones (excluding diaryl/α,β-unsaturated/α-hetero) is 1. The van der Waals surface area contributed by atoms with Gasteiger partial charge in [-0.15, -0.1) is 0 Å². The molecule has 0 aliphatic carbocycles. The number of carbonyl (C=O) groups is 2. The van der Waals surface area contributed by atoms with Crippen LogP contribution in [0.1, 0.15) is 45.9 Å². The minimum Gasteiger partial charge on any atom is -0.324 e. The van der Waals surface area contributed by atoms with Crippen molar-refractivity contribution >= 4 is 23.1 Å². The first kappa shape index (κ1) is 27.1. The van der Waals surface area contributed by atoms with Crippen LogP contribution in [0.2, 0.25) is 0 Å². The lowest BCUT2D eigenvalue weighted by molar-refractivity contribution is -0.384. The van der Waals surface area contributed by atoms with Gasteiger partial charge in [-0.2, -0.15) is 10.2 Å². The number of ketones is 1. The van der Waals surface area contributed by atoms with Gasteiger partial charge in [0.15, 0.2) is 11.6 Å². The molecule has 224 valence electrons. The Morgan fingerprint density at radius 3 is 2.64 bits per heavy atom. The summed E-state index contributed by atoms with van der Waals surface area (Å²) in [4.78, 5) is 47.2. The Morgan fingerprint density at radius 1 is 1.07 bits per heavy atom. The molecule has 0 radical (unpaired) electrons. The van der Waals surface area contributed by atoms with Crippen molar-refractivity contribution in [2.45, 2.75) is 37.3 Å². The van der Waals surface area contributed by atoms with E-state index in [-0.39, 0.29) is 29.0 Å². The summed E-state index contributed by atoms with van der Waals surface area (Å²) in [6.45, 7) is 2.53. The van der Waals surface area contributed by atoms with Gasteiger partial charge >= 0.3 is 0 Å². The van der Waals surface area contributed by atoms with Crippen LogP contribution in [0.5, 0.6) is 0 Å². The zero-order chi connectivity index (χ0) is 30.9. The van der Waals surface area contributed by atoms with E-state index in [2.05, 4.69) is 20.3 Å². The number of aromatic nitrogens is 5. The number of nitro groups is 1. The first-order chi connectivity index (χ1) is 21.9. The zero-order valence-corrected chi connectivity index (χ0v) is 24.3. The Morgan fingerprint density at radius 2 is 1.87 bits per heavy atom. The second-order valence-corrected chi connectivity index (χ2v) is 11.8. The lowest BCUT2D eigenvalue weighted by atomic mass is 9.68. The maximum absolute atomic E-state index is 15.0. The van der Waals surface area contributed by atoms with E-state index in [4.69, 9.17) is 5.10 Å². The number of nitrogens with one attached hydrogen (secondary N) is 1. The maximum atomic E-state index is 15.0. The molecule has 2 aromatic heterocycles. The molecule has 1 spiro atoms. The van der Waals surface area contributed by atoms with Crippen LogP contribution in [0.15, 0.2) is 91.5 Å². The minimum atomic E-state index is -1.33. The maximum Gasteiger partial charge on any atom is 0.270 e. The third-order valence-corrected chi connectivity index (χ3v) is 9.58. The summed E-state index contributed by atoms with van der Waals surface area (Å²) >= 11 is 0. The summed E-state index contributed by atoms with van der Waals surface area (Å²) in [7, 11) is 0. The smallest absolute Gasteiger partial charge is 0.270 e.